The number of nitro groups is 1. The Morgan fingerprint density at radius 3 is 0.934 bits per heavy atom. The molecule has 61 heavy (non-hydrogen) atoms. The molecule has 0 aliphatic carbocycles. The summed E-state index contributed by atoms with van der Waals surface area (Å²) in [5.41, 5.74) is -0.526. The van der Waals surface area contributed by atoms with Gasteiger partial charge in [-0.25, -0.2) is 29.0 Å². The minimum absolute atomic E-state index is 0.00388. The number of hydrogen-bond donors (Lipinski definition) is 0. The lowest BCUT2D eigenvalue weighted by Gasteiger charge is -2.26. The highest BCUT2D eigenvalue weighted by atomic mass is 35.5. The van der Waals surface area contributed by atoms with Gasteiger partial charge in [0.25, 0.3) is 0 Å². The third kappa shape index (κ3) is 10.9. The molecule has 0 unspecified atom stereocenters. The van der Waals surface area contributed by atoms with Gasteiger partial charge in [-0.05, 0) is 55.7 Å². The maximum Gasteiger partial charge on any atom is 0.223 e. The average Bonchev–Trinajstić information content (AvgIpc) is 3.87. The minimum Gasteiger partial charge on any atom is -0.264 e. The van der Waals surface area contributed by atoms with E-state index in [-0.39, 0.29) is 73.6 Å². The summed E-state index contributed by atoms with van der Waals surface area (Å²) in [5.74, 6) is 2.90. The van der Waals surface area contributed by atoms with Crippen LogP contribution in [-0.4, -0.2) is 54.8 Å². The van der Waals surface area contributed by atoms with Crippen LogP contribution in [0.15, 0.2) is 36.4 Å². The standard InChI is InChI=1S/C40H39Cl9N10O2/c1-4-7-31-50-34(56(53-31)37-25(44)16-22(41)17-26(37)45)10-13-40(59(60)61,14-11-35-51-32(8-5-2)54-57(35)38-27(46)18-23(42)19-28(38)47)15-12-36-52-33(9-6-3)55-58(36)39-29(48)20-24(43)21-30(39)49/h16-21H,4-15H2,1-3H3. The van der Waals surface area contributed by atoms with Crippen molar-refractivity contribution in [3.8, 4) is 17.1 Å². The van der Waals surface area contributed by atoms with Gasteiger partial charge in [0.1, 0.15) is 34.5 Å². The summed E-state index contributed by atoms with van der Waals surface area (Å²) >= 11 is 59.0. The SMILES string of the molecule is CCCc1nc(CCC(CCc2nc(CCC)nn2-c2c(Cl)cc(Cl)cc2Cl)(CCc2nc(CCC)nn2-c2c(Cl)cc(Cl)cc2Cl)[N+](=O)[O-])n(-c2c(Cl)cc(Cl)cc2Cl)n1. The van der Waals surface area contributed by atoms with Gasteiger partial charge in [-0.15, -0.1) is 0 Å². The van der Waals surface area contributed by atoms with E-state index in [0.29, 0.717) is 86.3 Å². The first kappa shape index (κ1) is 47.6. The van der Waals surface area contributed by atoms with E-state index < -0.39 is 5.54 Å². The van der Waals surface area contributed by atoms with Crippen molar-refractivity contribution in [3.05, 3.63) is 127 Å². The summed E-state index contributed by atoms with van der Waals surface area (Å²) in [4.78, 5) is 28.1. The van der Waals surface area contributed by atoms with Gasteiger partial charge in [-0.1, -0.05) is 125 Å². The summed E-state index contributed by atoms with van der Waals surface area (Å²) in [5, 5.41) is 30.5. The Morgan fingerprint density at radius 1 is 0.475 bits per heavy atom. The second-order valence-electron chi connectivity index (χ2n) is 14.5. The van der Waals surface area contributed by atoms with Gasteiger partial charge in [-0.3, -0.25) is 10.1 Å². The fourth-order valence-corrected chi connectivity index (χ4v) is 10.0. The Morgan fingerprint density at radius 2 is 0.721 bits per heavy atom. The molecule has 0 aliphatic heterocycles. The molecule has 0 fully saturated rings. The molecule has 3 aromatic carbocycles. The van der Waals surface area contributed by atoms with Crippen LogP contribution in [-0.2, 0) is 38.5 Å². The molecule has 0 radical (unpaired) electrons. The predicted octanol–water partition coefficient (Wildman–Crippen LogP) is 13.4. The summed E-state index contributed by atoms with van der Waals surface area (Å²) in [7, 11) is 0. The molecule has 3 heterocycles. The number of benzene rings is 3. The van der Waals surface area contributed by atoms with Crippen LogP contribution in [0.4, 0.5) is 0 Å². The van der Waals surface area contributed by atoms with Crippen molar-refractivity contribution < 1.29 is 4.92 Å². The summed E-state index contributed by atoms with van der Waals surface area (Å²) < 4.78 is 4.65. The van der Waals surface area contributed by atoms with Crippen molar-refractivity contribution in [1.82, 2.24) is 44.3 Å². The second-order valence-corrected chi connectivity index (χ2v) is 18.2. The first-order chi connectivity index (χ1) is 29.1. The van der Waals surface area contributed by atoms with Gasteiger partial charge in [0.05, 0.1) is 30.1 Å². The number of aromatic nitrogens is 9. The van der Waals surface area contributed by atoms with E-state index in [4.69, 9.17) is 135 Å². The molecule has 0 atom stereocenters. The zero-order valence-corrected chi connectivity index (χ0v) is 39.9. The highest BCUT2D eigenvalue weighted by Crippen LogP contribution is 2.38. The van der Waals surface area contributed by atoms with Crippen LogP contribution >= 0.6 is 104 Å². The van der Waals surface area contributed by atoms with E-state index in [1.54, 1.807) is 50.4 Å². The topological polar surface area (TPSA) is 135 Å². The molecule has 0 bridgehead atoms. The Labute approximate surface area is 397 Å². The number of rotatable bonds is 19. The third-order valence-electron chi connectivity index (χ3n) is 9.98. The first-order valence-corrected chi connectivity index (χ1v) is 22.9. The quantitative estimate of drug-likeness (QED) is 0.0578. The Hall–Kier alpha value is -2.91. The molecule has 0 N–H and O–H groups in total. The molecule has 0 spiro atoms. The van der Waals surface area contributed by atoms with Gasteiger partial charge < -0.3 is 0 Å². The van der Waals surface area contributed by atoms with Crippen LogP contribution in [0, 0.1) is 10.1 Å². The minimum atomic E-state index is -1.63. The molecular weight excluding hydrogens is 972 g/mol. The third-order valence-corrected chi connectivity index (χ3v) is 12.4. The Bertz CT molecular complexity index is 2220. The molecule has 0 amide bonds. The lowest BCUT2D eigenvalue weighted by molar-refractivity contribution is -0.574. The summed E-state index contributed by atoms with van der Waals surface area (Å²) in [6, 6.07) is 9.34. The fraction of sp³-hybridized carbons (Fsp3) is 0.400. The zero-order chi connectivity index (χ0) is 44.2. The average molecular weight is 1010 g/mol. The van der Waals surface area contributed by atoms with Gasteiger partial charge in [-0.2, -0.15) is 15.3 Å². The largest absolute Gasteiger partial charge is 0.264 e. The van der Waals surface area contributed by atoms with Crippen LogP contribution < -0.4 is 0 Å². The molecule has 21 heteroatoms. The molecule has 6 rings (SSSR count). The Kier molecular flexibility index (Phi) is 16.2. The summed E-state index contributed by atoms with van der Waals surface area (Å²) in [6.07, 6.45) is 4.28. The maximum atomic E-state index is 13.8. The van der Waals surface area contributed by atoms with E-state index in [9.17, 15) is 10.1 Å². The highest BCUT2D eigenvalue weighted by Gasteiger charge is 2.43. The van der Waals surface area contributed by atoms with E-state index in [1.807, 2.05) is 20.8 Å². The second kappa shape index (κ2) is 20.7. The van der Waals surface area contributed by atoms with Crippen LogP contribution in [0.2, 0.25) is 45.2 Å². The van der Waals surface area contributed by atoms with Gasteiger partial charge >= 0.3 is 0 Å². The lowest BCUT2D eigenvalue weighted by atomic mass is 9.84. The highest BCUT2D eigenvalue weighted by molar-refractivity contribution is 6.42. The molecule has 0 saturated carbocycles. The molecule has 324 valence electrons. The number of halogens is 9. The molecule has 0 saturated heterocycles. The number of hydrogen-bond acceptors (Lipinski definition) is 8. The van der Waals surface area contributed by atoms with Crippen LogP contribution in [0.1, 0.15) is 94.2 Å². The number of nitrogens with zero attached hydrogens (tertiary/aromatic N) is 10. The predicted molar refractivity (Wildman–Crippen MR) is 246 cm³/mol. The summed E-state index contributed by atoms with van der Waals surface area (Å²) in [6.45, 7) is 6.01. The maximum absolute atomic E-state index is 13.8. The van der Waals surface area contributed by atoms with Crippen molar-refractivity contribution in [2.75, 3.05) is 0 Å². The Balaban J connectivity index is 1.45. The zero-order valence-electron chi connectivity index (χ0n) is 33.1. The lowest BCUT2D eigenvalue weighted by Crippen LogP contribution is -2.41. The smallest absolute Gasteiger partial charge is 0.223 e. The molecule has 6 aromatic rings. The van der Waals surface area contributed by atoms with Crippen molar-refractivity contribution in [2.24, 2.45) is 0 Å². The van der Waals surface area contributed by atoms with Crippen molar-refractivity contribution in [2.45, 2.75) is 103 Å². The molecule has 12 nitrogen and oxygen atoms in total. The molecule has 0 aliphatic rings. The van der Waals surface area contributed by atoms with Crippen molar-refractivity contribution in [3.63, 3.8) is 0 Å². The van der Waals surface area contributed by atoms with E-state index >= 15 is 0 Å². The fourth-order valence-electron chi connectivity index (χ4n) is 7.08. The van der Waals surface area contributed by atoms with E-state index in [0.717, 1.165) is 19.3 Å². The van der Waals surface area contributed by atoms with E-state index in [2.05, 4.69) is 0 Å². The van der Waals surface area contributed by atoms with Crippen molar-refractivity contribution >= 4 is 104 Å². The van der Waals surface area contributed by atoms with Crippen LogP contribution in [0.25, 0.3) is 17.1 Å². The molecule has 3 aromatic heterocycles. The van der Waals surface area contributed by atoms with Gasteiger partial charge in [0, 0.05) is 77.8 Å². The van der Waals surface area contributed by atoms with Crippen LogP contribution in [0.5, 0.6) is 0 Å². The number of aryl methyl sites for hydroxylation is 6. The van der Waals surface area contributed by atoms with E-state index in [1.165, 1.54) is 0 Å². The van der Waals surface area contributed by atoms with Crippen LogP contribution in [0.3, 0.4) is 0 Å². The van der Waals surface area contributed by atoms with Crippen molar-refractivity contribution in [1.29, 1.82) is 0 Å². The first-order valence-electron chi connectivity index (χ1n) is 19.5. The van der Waals surface area contributed by atoms with Gasteiger partial charge in [0.2, 0.25) is 5.54 Å². The normalized spacial score (nSPS) is 11.9. The molecular formula is C40H39Cl9N10O2. The van der Waals surface area contributed by atoms with Gasteiger partial charge in [0.15, 0.2) is 17.5 Å². The monoisotopic (exact) mass is 1010 g/mol.